The van der Waals surface area contributed by atoms with Crippen LogP contribution in [0.3, 0.4) is 0 Å². The van der Waals surface area contributed by atoms with Crippen molar-refractivity contribution in [3.05, 3.63) is 195 Å². The van der Waals surface area contributed by atoms with Gasteiger partial charge < -0.3 is 50.7 Å². The second-order valence-corrected chi connectivity index (χ2v) is 53.6. The molecule has 15 atom stereocenters. The van der Waals surface area contributed by atoms with E-state index < -0.39 is 192 Å². The van der Waals surface area contributed by atoms with Gasteiger partial charge in [-0.3, -0.25) is 70.2 Å². The second kappa shape index (κ2) is 38.1. The van der Waals surface area contributed by atoms with Gasteiger partial charge in [0.1, 0.15) is 72.0 Å². The molecule has 3 saturated heterocycles. The van der Waals surface area contributed by atoms with E-state index in [9.17, 15) is 28.8 Å². The van der Waals surface area contributed by atoms with Gasteiger partial charge >= 0.3 is 32.7 Å². The summed E-state index contributed by atoms with van der Waals surface area (Å²) in [6.45, 7) is 38.3. The summed E-state index contributed by atoms with van der Waals surface area (Å²) < 4.78 is 152. The maximum absolute atomic E-state index is 16.9. The summed E-state index contributed by atoms with van der Waals surface area (Å²) in [5.74, 6) is 1.11. The fourth-order valence-corrected chi connectivity index (χ4v) is 26.9. The normalized spacial score (nSPS) is 24.0. The minimum Gasteiger partial charge on any atom is -0.497 e. The average molecular weight is 1730 g/mol. The number of benzene rings is 3. The first-order valence-electron chi connectivity index (χ1n) is 39.0. The first kappa shape index (κ1) is 94.1. The van der Waals surface area contributed by atoms with E-state index in [0.717, 1.165) is 35.5 Å². The van der Waals surface area contributed by atoms with Crippen LogP contribution in [0.4, 0.5) is 0 Å². The van der Waals surface area contributed by atoms with Crippen molar-refractivity contribution >= 4 is 49.1 Å². The molecular formula is C78H120N7O25P3Si3. The SMILES string of the molecule is COc1ccc(C(OC[C@H]2O[C@@H](n3ccc(=O)[nH]c3=O)[C@H](O[Si](C)(C)C(C)(C)C)[C@@H]2OP(=O)(OC)O[C@H]2[C@@H](O[Si](C)(C)C(C)(C)C)[C@H](n3ccc(=O)[nH]c3=O)O[C@@H]2COP(=O)(OC)OC[C@H]2O[C@@H](n3ccc(=O)[nH]c3=O)[C@H](O[Si](C(C)C)(C(C)C)C(C)C)[C@@H]2OP(OC)N(C(C)C)C(C)C)(c2ccccc2)c2ccc(OC)cc2)cc1. The van der Waals surface area contributed by atoms with Crippen LogP contribution in [0.5, 0.6) is 11.5 Å². The van der Waals surface area contributed by atoms with Gasteiger partial charge in [0.05, 0.1) is 34.0 Å². The molecule has 3 aliphatic heterocycles. The second-order valence-electron chi connectivity index (χ2n) is 33.7. The van der Waals surface area contributed by atoms with Gasteiger partial charge in [0, 0.05) is 70.2 Å². The molecule has 3 aromatic carbocycles. The van der Waals surface area contributed by atoms with Crippen molar-refractivity contribution in [2.24, 2.45) is 0 Å². The highest BCUT2D eigenvalue weighted by molar-refractivity contribution is 7.48. The summed E-state index contributed by atoms with van der Waals surface area (Å²) in [7, 11) is -14.8. The van der Waals surface area contributed by atoms with Crippen molar-refractivity contribution in [2.45, 2.75) is 255 Å². The van der Waals surface area contributed by atoms with E-state index in [1.54, 1.807) is 38.5 Å². The standard InChI is InChI=1S/C78H120N7O25P3Si3/c1-48(2)85(49(3)4)111(96-19)105-64-59(103-70(82-42-39-61(86)79-73(82)89)67(64)110-116(50(5)6,51(7)8)52(9)10)46-100-112(92,97-20)101-47-60-66(69(109-115(24,25)77(14,15)16)72(104-60)84-44-41-63(88)81-75(84)91)107-113(93,98-21)106-65-58(102-71(83-43-40-62(87)80-74(83)90)68(65)108-114(22,23)76(11,12)13)45-99-78(53-29-27-26-28-30-53,54-31-35-56(94-17)36-32-54)55-33-37-57(95-18)38-34-55/h26-44,48-52,58-60,64-72H,45-47H2,1-25H3,(H,79,86,89)(H,80,87,90)(H,81,88,91)/t58-,59-,60-,64-,65-,66-,67-,68-,69-,70-,71-,72-,111?,112?,113?/m1/s1. The Morgan fingerprint density at radius 2 is 0.802 bits per heavy atom. The lowest BCUT2D eigenvalue weighted by Gasteiger charge is -2.46. The molecule has 0 saturated carbocycles. The Morgan fingerprint density at radius 1 is 0.457 bits per heavy atom. The highest BCUT2D eigenvalue weighted by Gasteiger charge is 2.61. The molecule has 3 aromatic heterocycles. The number of methoxy groups -OCH3 is 2. The van der Waals surface area contributed by atoms with Crippen LogP contribution in [0.1, 0.15) is 146 Å². The van der Waals surface area contributed by atoms with Crippen molar-refractivity contribution in [1.82, 2.24) is 33.3 Å². The van der Waals surface area contributed by atoms with Crippen molar-refractivity contribution in [3.8, 4) is 11.5 Å². The predicted octanol–water partition coefficient (Wildman–Crippen LogP) is 13.4. The van der Waals surface area contributed by atoms with E-state index in [0.29, 0.717) is 28.2 Å². The molecule has 0 amide bonds. The van der Waals surface area contributed by atoms with Crippen LogP contribution >= 0.6 is 24.2 Å². The Hall–Kier alpha value is -5.80. The molecule has 38 heteroatoms. The zero-order chi connectivity index (χ0) is 85.8. The van der Waals surface area contributed by atoms with Gasteiger partial charge in [-0.2, -0.15) is 0 Å². The van der Waals surface area contributed by atoms with Gasteiger partial charge in [-0.1, -0.05) is 138 Å². The highest BCUT2D eigenvalue weighted by Crippen LogP contribution is 2.60. The first-order chi connectivity index (χ1) is 54.3. The molecule has 644 valence electrons. The number of nitrogens with one attached hydrogen (secondary N) is 3. The quantitative estimate of drug-likeness (QED) is 0.0184. The van der Waals surface area contributed by atoms with Crippen LogP contribution in [0.25, 0.3) is 0 Å². The molecule has 3 aliphatic rings. The van der Waals surface area contributed by atoms with Gasteiger partial charge in [0.25, 0.3) is 25.2 Å². The number of H-pyrrole nitrogens is 3. The van der Waals surface area contributed by atoms with Gasteiger partial charge in [0.2, 0.25) is 8.32 Å². The molecule has 6 aromatic rings. The average Bonchev–Trinajstić information content (AvgIpc) is 1.16. The van der Waals surface area contributed by atoms with Crippen LogP contribution in [0.15, 0.2) is 144 Å². The Kier molecular flexibility index (Phi) is 30.9. The fraction of sp³-hybridized carbons (Fsp3) is 0.615. The maximum atomic E-state index is 16.9. The smallest absolute Gasteiger partial charge is 0.475 e. The van der Waals surface area contributed by atoms with E-state index >= 15 is 9.13 Å². The Bertz CT molecular complexity index is 4650. The number of rotatable bonds is 38. The van der Waals surface area contributed by atoms with E-state index in [1.807, 2.05) is 155 Å². The number of nitrogens with zero attached hydrogens (tertiary/aromatic N) is 4. The fourth-order valence-electron chi connectivity index (χ4n) is 14.9. The van der Waals surface area contributed by atoms with Crippen LogP contribution in [-0.4, -0.2) is 181 Å². The number of hydrogen-bond donors (Lipinski definition) is 3. The summed E-state index contributed by atoms with van der Waals surface area (Å²) >= 11 is 0. The molecule has 0 radical (unpaired) electrons. The van der Waals surface area contributed by atoms with Crippen molar-refractivity contribution in [3.63, 3.8) is 0 Å². The van der Waals surface area contributed by atoms with Gasteiger partial charge in [-0.15, -0.1) is 0 Å². The number of phosphoric ester groups is 2. The number of phosphoric acid groups is 2. The number of ether oxygens (including phenoxy) is 6. The van der Waals surface area contributed by atoms with Gasteiger partial charge in [-0.05, 0) is 122 Å². The maximum Gasteiger partial charge on any atom is 0.475 e. The predicted molar refractivity (Wildman–Crippen MR) is 446 cm³/mol. The highest BCUT2D eigenvalue weighted by atomic mass is 31.2. The third-order valence-corrected chi connectivity index (χ3v) is 42.7. The van der Waals surface area contributed by atoms with Crippen LogP contribution < -0.4 is 43.2 Å². The third-order valence-electron chi connectivity index (χ3n) is 22.7. The molecule has 6 heterocycles. The zero-order valence-electron chi connectivity index (χ0n) is 71.2. The third kappa shape index (κ3) is 20.5. The molecule has 0 bridgehead atoms. The van der Waals surface area contributed by atoms with E-state index in [1.165, 1.54) is 36.3 Å². The van der Waals surface area contributed by atoms with Crippen LogP contribution in [0, 0.1) is 0 Å². The van der Waals surface area contributed by atoms with E-state index in [4.69, 9.17) is 77.9 Å². The van der Waals surface area contributed by atoms with E-state index in [2.05, 4.69) is 56.5 Å². The summed E-state index contributed by atoms with van der Waals surface area (Å²) in [5, 5.41) is -1.17. The van der Waals surface area contributed by atoms with Gasteiger partial charge in [0.15, 0.2) is 35.3 Å². The largest absolute Gasteiger partial charge is 0.497 e. The minimum atomic E-state index is -5.36. The Morgan fingerprint density at radius 3 is 1.12 bits per heavy atom. The monoisotopic (exact) mass is 1730 g/mol. The van der Waals surface area contributed by atoms with Gasteiger partial charge in [-0.25, -0.2) is 28.2 Å². The Balaban J connectivity index is 1.18. The molecular weight excluding hydrogens is 1610 g/mol. The van der Waals surface area contributed by atoms with Crippen molar-refractivity contribution in [1.29, 1.82) is 0 Å². The van der Waals surface area contributed by atoms with Crippen LogP contribution in [-0.2, 0) is 83.1 Å². The molecule has 116 heavy (non-hydrogen) atoms. The molecule has 0 spiro atoms. The summed E-state index contributed by atoms with van der Waals surface area (Å²) in [6, 6.07) is 27.2. The molecule has 3 unspecified atom stereocenters. The lowest BCUT2D eigenvalue weighted by Crippen LogP contribution is -2.54. The Labute approximate surface area is 682 Å². The topological polar surface area (TPSA) is 359 Å². The molecule has 0 aliphatic carbocycles. The molecule has 3 fully saturated rings. The lowest BCUT2D eigenvalue weighted by atomic mass is 9.80. The first-order valence-corrected chi connectivity index (χ1v) is 51.0. The lowest BCUT2D eigenvalue weighted by molar-refractivity contribution is -0.0970. The zero-order valence-corrected chi connectivity index (χ0v) is 76.9. The van der Waals surface area contributed by atoms with Crippen LogP contribution in [0.2, 0.25) is 52.9 Å². The summed E-state index contributed by atoms with van der Waals surface area (Å²) in [4.78, 5) is 88.4. The molecule has 32 nitrogen and oxygen atoms in total. The minimum absolute atomic E-state index is 0.00644. The number of aromatic nitrogens is 6. The molecule has 9 rings (SSSR count). The number of aromatic amines is 3. The van der Waals surface area contributed by atoms with E-state index in [-0.39, 0.29) is 28.7 Å². The number of hydrogen-bond acceptors (Lipinski definition) is 26. The summed E-state index contributed by atoms with van der Waals surface area (Å²) in [6.07, 6.45) is -13.6. The van der Waals surface area contributed by atoms with Crippen molar-refractivity contribution in [2.75, 3.05) is 55.4 Å². The van der Waals surface area contributed by atoms with Crippen molar-refractivity contribution < 1.29 is 87.0 Å². The molecule has 3 N–H and O–H groups in total. The summed E-state index contributed by atoms with van der Waals surface area (Å²) in [5.41, 5.74) is -4.40.